The summed E-state index contributed by atoms with van der Waals surface area (Å²) in [6, 6.07) is 14.5. The van der Waals surface area contributed by atoms with Crippen LogP contribution >= 0.6 is 23.1 Å². The first-order chi connectivity index (χ1) is 13.3. The van der Waals surface area contributed by atoms with Gasteiger partial charge in [-0.3, -0.25) is 4.57 Å². The van der Waals surface area contributed by atoms with Gasteiger partial charge in [-0.1, -0.05) is 36.0 Å². The highest BCUT2D eigenvalue weighted by Crippen LogP contribution is 2.44. The molecular weight excluding hydrogens is 378 g/mol. The molecule has 0 bridgehead atoms. The lowest BCUT2D eigenvalue weighted by Gasteiger charge is -2.10. The molecule has 0 spiro atoms. The minimum atomic E-state index is -0.00662. The predicted molar refractivity (Wildman–Crippen MR) is 106 cm³/mol. The molecule has 4 aromatic rings. The first-order valence-electron chi connectivity index (χ1n) is 8.84. The van der Waals surface area contributed by atoms with Crippen LogP contribution < -0.4 is 0 Å². The van der Waals surface area contributed by atoms with Crippen LogP contribution in [0, 0.1) is 0 Å². The number of thioether (sulfide) groups is 1. The summed E-state index contributed by atoms with van der Waals surface area (Å²) in [5.74, 6) is 2.10. The number of thiophene rings is 1. The van der Waals surface area contributed by atoms with Gasteiger partial charge in [0, 0.05) is 11.6 Å². The Balaban J connectivity index is 1.40. The maximum atomic E-state index is 5.90. The molecule has 1 atom stereocenters. The Bertz CT molecular complexity index is 1040. The van der Waals surface area contributed by atoms with Crippen LogP contribution in [0.1, 0.15) is 36.9 Å². The summed E-state index contributed by atoms with van der Waals surface area (Å²) < 4.78 is 8.17. The molecule has 0 N–H and O–H groups in total. The second kappa shape index (κ2) is 6.94. The van der Waals surface area contributed by atoms with Crippen LogP contribution in [0.3, 0.4) is 0 Å². The molecule has 1 saturated carbocycles. The lowest BCUT2D eigenvalue weighted by molar-refractivity contribution is 0.508. The van der Waals surface area contributed by atoms with Gasteiger partial charge in [-0.05, 0) is 43.3 Å². The molecule has 8 heteroatoms. The fraction of sp³-hybridized carbons (Fsp3) is 0.263. The second-order valence-corrected chi connectivity index (χ2v) is 8.71. The quantitative estimate of drug-likeness (QED) is 0.416. The van der Waals surface area contributed by atoms with Crippen LogP contribution in [0.15, 0.2) is 57.4 Å². The normalized spacial score (nSPS) is 15.1. The van der Waals surface area contributed by atoms with E-state index >= 15 is 0 Å². The highest BCUT2D eigenvalue weighted by Gasteiger charge is 2.31. The third-order valence-corrected chi connectivity index (χ3v) is 6.32. The number of nitrogens with zero attached hydrogens (tertiary/aromatic N) is 5. The maximum Gasteiger partial charge on any atom is 0.247 e. The van der Waals surface area contributed by atoms with E-state index in [1.807, 2.05) is 36.4 Å². The number of rotatable bonds is 6. The van der Waals surface area contributed by atoms with Crippen molar-refractivity contribution < 1.29 is 4.42 Å². The molecule has 6 nitrogen and oxygen atoms in total. The van der Waals surface area contributed by atoms with Gasteiger partial charge in [-0.2, -0.15) is 0 Å². The van der Waals surface area contributed by atoms with E-state index in [0.717, 1.165) is 21.4 Å². The van der Waals surface area contributed by atoms with Crippen LogP contribution in [0.5, 0.6) is 0 Å². The standard InChI is InChI=1S/C19H17N5OS2/c1-12(17-21-22-18(25-17)13-6-3-2-4-7-13)27-19-23-20-16(15-8-5-11-26-15)24(19)14-9-10-14/h2-8,11-12,14H,9-10H2,1H3/t12-/m0/s1. The Hall–Kier alpha value is -2.45. The maximum absolute atomic E-state index is 5.90. The molecule has 0 aliphatic heterocycles. The Kier molecular flexibility index (Phi) is 4.29. The Labute approximate surface area is 164 Å². The van der Waals surface area contributed by atoms with E-state index in [9.17, 15) is 0 Å². The number of benzene rings is 1. The van der Waals surface area contributed by atoms with Gasteiger partial charge in [0.1, 0.15) is 0 Å². The summed E-state index contributed by atoms with van der Waals surface area (Å²) >= 11 is 3.31. The third-order valence-electron chi connectivity index (χ3n) is 4.41. The molecule has 1 fully saturated rings. The molecule has 3 heterocycles. The largest absolute Gasteiger partial charge is 0.419 e. The zero-order valence-corrected chi connectivity index (χ0v) is 16.3. The number of hydrogen-bond acceptors (Lipinski definition) is 7. The Morgan fingerprint density at radius 2 is 1.93 bits per heavy atom. The van der Waals surface area contributed by atoms with Crippen molar-refractivity contribution in [2.45, 2.75) is 36.2 Å². The molecule has 136 valence electrons. The first-order valence-corrected chi connectivity index (χ1v) is 10.6. The molecule has 1 aliphatic carbocycles. The van der Waals surface area contributed by atoms with Gasteiger partial charge in [0.25, 0.3) is 0 Å². The van der Waals surface area contributed by atoms with Gasteiger partial charge in [0.05, 0.1) is 10.1 Å². The topological polar surface area (TPSA) is 69.6 Å². The van der Waals surface area contributed by atoms with Gasteiger partial charge in [0.2, 0.25) is 11.8 Å². The number of aromatic nitrogens is 5. The SMILES string of the molecule is C[C@H](Sc1nnc(-c2cccs2)n1C1CC1)c1nnc(-c2ccccc2)o1. The minimum Gasteiger partial charge on any atom is -0.419 e. The minimum absolute atomic E-state index is 0.00662. The van der Waals surface area contributed by atoms with Crippen LogP contribution in [-0.2, 0) is 0 Å². The predicted octanol–water partition coefficient (Wildman–Crippen LogP) is 5.24. The number of hydrogen-bond donors (Lipinski definition) is 0. The van der Waals surface area contributed by atoms with Crippen molar-refractivity contribution >= 4 is 23.1 Å². The van der Waals surface area contributed by atoms with E-state index in [2.05, 4.69) is 43.3 Å². The summed E-state index contributed by atoms with van der Waals surface area (Å²) in [7, 11) is 0. The van der Waals surface area contributed by atoms with E-state index in [0.29, 0.717) is 17.8 Å². The second-order valence-electron chi connectivity index (χ2n) is 6.46. The van der Waals surface area contributed by atoms with Crippen LogP contribution in [0.25, 0.3) is 22.2 Å². The van der Waals surface area contributed by atoms with Crippen LogP contribution in [0.2, 0.25) is 0 Å². The van der Waals surface area contributed by atoms with E-state index in [-0.39, 0.29) is 5.25 Å². The highest BCUT2D eigenvalue weighted by atomic mass is 32.2. The summed E-state index contributed by atoms with van der Waals surface area (Å²) in [5.41, 5.74) is 0.926. The first kappa shape index (κ1) is 16.7. The molecule has 3 aromatic heterocycles. The zero-order valence-electron chi connectivity index (χ0n) is 14.6. The lowest BCUT2D eigenvalue weighted by atomic mass is 10.2. The summed E-state index contributed by atoms with van der Waals surface area (Å²) in [6.45, 7) is 2.06. The van der Waals surface area contributed by atoms with Crippen LogP contribution in [0.4, 0.5) is 0 Å². The van der Waals surface area contributed by atoms with Gasteiger partial charge < -0.3 is 4.42 Å². The lowest BCUT2D eigenvalue weighted by Crippen LogP contribution is -2.00. The van der Waals surface area contributed by atoms with Crippen molar-refractivity contribution in [3.63, 3.8) is 0 Å². The van der Waals surface area contributed by atoms with Crippen molar-refractivity contribution in [3.8, 4) is 22.2 Å². The highest BCUT2D eigenvalue weighted by molar-refractivity contribution is 7.99. The summed E-state index contributed by atoms with van der Waals surface area (Å²) in [5, 5.41) is 20.3. The van der Waals surface area contributed by atoms with E-state index in [4.69, 9.17) is 4.42 Å². The van der Waals surface area contributed by atoms with E-state index in [1.54, 1.807) is 23.1 Å². The average Bonchev–Trinajstić information content (AvgIpc) is 3.11. The van der Waals surface area contributed by atoms with E-state index < -0.39 is 0 Å². The molecule has 5 rings (SSSR count). The molecule has 0 amide bonds. The van der Waals surface area contributed by atoms with Crippen molar-refractivity contribution in [1.29, 1.82) is 0 Å². The van der Waals surface area contributed by atoms with Crippen molar-refractivity contribution in [2.75, 3.05) is 0 Å². The molecule has 0 unspecified atom stereocenters. The third kappa shape index (κ3) is 3.30. The molecule has 27 heavy (non-hydrogen) atoms. The zero-order chi connectivity index (χ0) is 18.2. The fourth-order valence-electron chi connectivity index (χ4n) is 2.90. The molecule has 1 aromatic carbocycles. The van der Waals surface area contributed by atoms with Crippen molar-refractivity contribution in [2.24, 2.45) is 0 Å². The van der Waals surface area contributed by atoms with Gasteiger partial charge in [0.15, 0.2) is 11.0 Å². The fourth-order valence-corrected chi connectivity index (χ4v) is 4.55. The Morgan fingerprint density at radius 1 is 1.07 bits per heavy atom. The average molecular weight is 396 g/mol. The molecule has 0 saturated heterocycles. The molecule has 1 aliphatic rings. The van der Waals surface area contributed by atoms with Gasteiger partial charge in [-0.15, -0.1) is 31.7 Å². The molecule has 0 radical (unpaired) electrons. The smallest absolute Gasteiger partial charge is 0.247 e. The Morgan fingerprint density at radius 3 is 2.67 bits per heavy atom. The van der Waals surface area contributed by atoms with E-state index in [1.165, 1.54) is 12.8 Å². The molecular formula is C19H17N5OS2. The van der Waals surface area contributed by atoms with Crippen molar-refractivity contribution in [1.82, 2.24) is 25.0 Å². The monoisotopic (exact) mass is 395 g/mol. The summed E-state index contributed by atoms with van der Waals surface area (Å²) in [6.07, 6.45) is 2.36. The summed E-state index contributed by atoms with van der Waals surface area (Å²) in [4.78, 5) is 1.15. The van der Waals surface area contributed by atoms with Crippen molar-refractivity contribution in [3.05, 3.63) is 53.7 Å². The van der Waals surface area contributed by atoms with Gasteiger partial charge in [-0.25, -0.2) is 0 Å². The van der Waals surface area contributed by atoms with Crippen LogP contribution in [-0.4, -0.2) is 25.0 Å². The van der Waals surface area contributed by atoms with Gasteiger partial charge >= 0.3 is 0 Å².